The van der Waals surface area contributed by atoms with Crippen molar-refractivity contribution < 1.29 is 33.3 Å². The number of ether oxygens (including phenoxy) is 4. The average Bonchev–Trinajstić information content (AvgIpc) is 2.80. The molecule has 0 aromatic heterocycles. The fourth-order valence-corrected chi connectivity index (χ4v) is 2.63. The Bertz CT molecular complexity index is 893. The van der Waals surface area contributed by atoms with E-state index in [2.05, 4.69) is 5.32 Å². The maximum Gasteiger partial charge on any atom is 0.306 e. The van der Waals surface area contributed by atoms with E-state index in [-0.39, 0.29) is 18.6 Å². The summed E-state index contributed by atoms with van der Waals surface area (Å²) in [6.07, 6.45) is 0.760. The summed E-state index contributed by atoms with van der Waals surface area (Å²) < 4.78 is 20.7. The van der Waals surface area contributed by atoms with Crippen molar-refractivity contribution in [2.24, 2.45) is 0 Å². The van der Waals surface area contributed by atoms with Crippen LogP contribution in [0.15, 0.2) is 42.5 Å². The molecule has 0 aliphatic carbocycles. The first-order valence-electron chi connectivity index (χ1n) is 9.90. The topological polar surface area (TPSA) is 100 Å². The fourth-order valence-electron chi connectivity index (χ4n) is 2.63. The lowest BCUT2D eigenvalue weighted by Crippen LogP contribution is -2.21. The van der Waals surface area contributed by atoms with E-state index in [4.69, 9.17) is 18.9 Å². The van der Waals surface area contributed by atoms with Crippen LogP contribution in [0.2, 0.25) is 0 Å². The highest BCUT2D eigenvalue weighted by atomic mass is 16.5. The predicted octanol–water partition coefficient (Wildman–Crippen LogP) is 3.64. The van der Waals surface area contributed by atoms with Gasteiger partial charge in [-0.2, -0.15) is 0 Å². The van der Waals surface area contributed by atoms with Gasteiger partial charge in [-0.25, -0.2) is 0 Å². The summed E-state index contributed by atoms with van der Waals surface area (Å²) in [6.45, 7) is 2.14. The average molecular weight is 429 g/mol. The second kappa shape index (κ2) is 12.2. The summed E-state index contributed by atoms with van der Waals surface area (Å²) in [6, 6.07) is 11.7. The molecule has 0 atom stereocenters. The number of methoxy groups -OCH3 is 2. The Morgan fingerprint density at radius 2 is 1.61 bits per heavy atom. The van der Waals surface area contributed by atoms with Crippen molar-refractivity contribution in [3.63, 3.8) is 0 Å². The molecule has 8 heteroatoms. The predicted molar refractivity (Wildman–Crippen MR) is 115 cm³/mol. The highest BCUT2D eigenvalue weighted by Gasteiger charge is 2.14. The van der Waals surface area contributed by atoms with Crippen LogP contribution in [0.4, 0.5) is 5.69 Å². The molecule has 2 aromatic carbocycles. The van der Waals surface area contributed by atoms with Crippen molar-refractivity contribution in [1.82, 2.24) is 0 Å². The van der Waals surface area contributed by atoms with Crippen molar-refractivity contribution in [3.05, 3.63) is 48.0 Å². The highest BCUT2D eigenvalue weighted by molar-refractivity contribution is 5.98. The molecule has 2 aromatic rings. The standard InChI is InChI=1S/C23H27NO7/c1-4-13-30-17-7-5-16(6-8-17)20(25)10-12-23(27)31-15-22(26)24-19-14-18(28-2)9-11-21(19)29-3/h5-9,11,14H,4,10,12-13,15H2,1-3H3,(H,24,26). The van der Waals surface area contributed by atoms with E-state index in [9.17, 15) is 14.4 Å². The molecular weight excluding hydrogens is 402 g/mol. The van der Waals surface area contributed by atoms with Gasteiger partial charge < -0.3 is 24.3 Å². The van der Waals surface area contributed by atoms with Crippen LogP contribution in [-0.2, 0) is 14.3 Å². The van der Waals surface area contributed by atoms with E-state index in [1.54, 1.807) is 42.5 Å². The molecule has 0 aliphatic rings. The van der Waals surface area contributed by atoms with Crippen LogP contribution in [0.5, 0.6) is 17.2 Å². The molecule has 8 nitrogen and oxygen atoms in total. The molecule has 0 saturated heterocycles. The van der Waals surface area contributed by atoms with Crippen molar-refractivity contribution in [2.75, 3.05) is 32.8 Å². The lowest BCUT2D eigenvalue weighted by atomic mass is 10.1. The Morgan fingerprint density at radius 3 is 2.26 bits per heavy atom. The molecule has 0 saturated carbocycles. The third kappa shape index (κ3) is 7.65. The third-order valence-corrected chi connectivity index (χ3v) is 4.25. The van der Waals surface area contributed by atoms with Gasteiger partial charge in [-0.05, 0) is 42.8 Å². The monoisotopic (exact) mass is 429 g/mol. The SMILES string of the molecule is CCCOc1ccc(C(=O)CCC(=O)OCC(=O)Nc2cc(OC)ccc2OC)cc1. The van der Waals surface area contributed by atoms with E-state index in [1.807, 2.05) is 6.92 Å². The largest absolute Gasteiger partial charge is 0.497 e. The van der Waals surface area contributed by atoms with Crippen LogP contribution in [0, 0.1) is 0 Å². The number of esters is 1. The van der Waals surface area contributed by atoms with Crippen LogP contribution in [0.1, 0.15) is 36.5 Å². The summed E-state index contributed by atoms with van der Waals surface area (Å²) >= 11 is 0. The molecule has 1 amide bonds. The van der Waals surface area contributed by atoms with Crippen molar-refractivity contribution >= 4 is 23.3 Å². The number of nitrogens with one attached hydrogen (secondary N) is 1. The molecule has 31 heavy (non-hydrogen) atoms. The molecule has 0 radical (unpaired) electrons. The van der Waals surface area contributed by atoms with Gasteiger partial charge in [0.05, 0.1) is 32.9 Å². The molecule has 0 unspecified atom stereocenters. The minimum Gasteiger partial charge on any atom is -0.497 e. The molecular formula is C23H27NO7. The number of ketones is 1. The van der Waals surface area contributed by atoms with E-state index in [0.29, 0.717) is 35.1 Å². The lowest BCUT2D eigenvalue weighted by Gasteiger charge is -2.12. The van der Waals surface area contributed by atoms with Crippen LogP contribution in [0.3, 0.4) is 0 Å². The smallest absolute Gasteiger partial charge is 0.306 e. The summed E-state index contributed by atoms with van der Waals surface area (Å²) in [5.74, 6) is 0.313. The maximum atomic E-state index is 12.2. The Morgan fingerprint density at radius 1 is 0.903 bits per heavy atom. The van der Waals surface area contributed by atoms with Crippen molar-refractivity contribution in [2.45, 2.75) is 26.2 Å². The molecule has 1 N–H and O–H groups in total. The zero-order valence-electron chi connectivity index (χ0n) is 17.9. The maximum absolute atomic E-state index is 12.2. The molecule has 0 heterocycles. The zero-order valence-corrected chi connectivity index (χ0v) is 17.9. The first-order chi connectivity index (χ1) is 15.0. The number of anilines is 1. The zero-order chi connectivity index (χ0) is 22.6. The van der Waals surface area contributed by atoms with E-state index in [0.717, 1.165) is 6.42 Å². The number of rotatable bonds is 12. The normalized spacial score (nSPS) is 10.2. The summed E-state index contributed by atoms with van der Waals surface area (Å²) in [5, 5.41) is 2.60. The summed E-state index contributed by atoms with van der Waals surface area (Å²) in [7, 11) is 2.98. The van der Waals surface area contributed by atoms with E-state index < -0.39 is 18.5 Å². The Hall–Kier alpha value is -3.55. The number of hydrogen-bond acceptors (Lipinski definition) is 7. The van der Waals surface area contributed by atoms with Gasteiger partial charge >= 0.3 is 5.97 Å². The second-order valence-electron chi connectivity index (χ2n) is 6.57. The van der Waals surface area contributed by atoms with Crippen LogP contribution >= 0.6 is 0 Å². The molecule has 2 rings (SSSR count). The quantitative estimate of drug-likeness (QED) is 0.406. The van der Waals surface area contributed by atoms with Gasteiger partial charge in [-0.15, -0.1) is 0 Å². The molecule has 0 bridgehead atoms. The van der Waals surface area contributed by atoms with Gasteiger partial charge in [0.25, 0.3) is 5.91 Å². The van der Waals surface area contributed by atoms with Gasteiger partial charge in [0, 0.05) is 18.1 Å². The first kappa shape index (κ1) is 23.7. The first-order valence-corrected chi connectivity index (χ1v) is 9.90. The van der Waals surface area contributed by atoms with Crippen LogP contribution in [-0.4, -0.2) is 45.1 Å². The van der Waals surface area contributed by atoms with Gasteiger partial charge in [0.2, 0.25) is 0 Å². The molecule has 0 fully saturated rings. The highest BCUT2D eigenvalue weighted by Crippen LogP contribution is 2.28. The lowest BCUT2D eigenvalue weighted by molar-refractivity contribution is -0.147. The molecule has 166 valence electrons. The van der Waals surface area contributed by atoms with Crippen LogP contribution in [0.25, 0.3) is 0 Å². The number of Topliss-reactive ketones (excluding diaryl/α,β-unsaturated/α-hetero) is 1. The van der Waals surface area contributed by atoms with Crippen LogP contribution < -0.4 is 19.5 Å². The Labute approximate surface area is 181 Å². The van der Waals surface area contributed by atoms with E-state index >= 15 is 0 Å². The number of carbonyl (C=O) groups excluding carboxylic acids is 3. The van der Waals surface area contributed by atoms with Gasteiger partial charge in [0.15, 0.2) is 12.4 Å². The van der Waals surface area contributed by atoms with Crippen molar-refractivity contribution in [1.29, 1.82) is 0 Å². The Kier molecular flexibility index (Phi) is 9.35. The van der Waals surface area contributed by atoms with Gasteiger partial charge in [-0.1, -0.05) is 6.92 Å². The summed E-state index contributed by atoms with van der Waals surface area (Å²) in [5.41, 5.74) is 0.879. The van der Waals surface area contributed by atoms with Gasteiger partial charge in [-0.3, -0.25) is 14.4 Å². The summed E-state index contributed by atoms with van der Waals surface area (Å²) in [4.78, 5) is 36.2. The molecule has 0 spiro atoms. The number of amides is 1. The minimum atomic E-state index is -0.635. The fraction of sp³-hybridized carbons (Fsp3) is 0.348. The molecule has 0 aliphatic heterocycles. The Balaban J connectivity index is 1.77. The third-order valence-electron chi connectivity index (χ3n) is 4.25. The van der Waals surface area contributed by atoms with Crippen molar-refractivity contribution in [3.8, 4) is 17.2 Å². The second-order valence-corrected chi connectivity index (χ2v) is 6.57. The van der Waals surface area contributed by atoms with Gasteiger partial charge in [0.1, 0.15) is 17.2 Å². The number of carbonyl (C=O) groups is 3. The number of benzene rings is 2. The van der Waals surface area contributed by atoms with E-state index in [1.165, 1.54) is 14.2 Å². The number of hydrogen-bond donors (Lipinski definition) is 1. The minimum absolute atomic E-state index is 0.0146.